The van der Waals surface area contributed by atoms with Crippen LogP contribution >= 0.6 is 0 Å². The lowest BCUT2D eigenvalue weighted by Gasteiger charge is -2.22. The van der Waals surface area contributed by atoms with Crippen molar-refractivity contribution in [3.63, 3.8) is 0 Å². The largest absolute Gasteiger partial charge is 0.497 e. The Hall–Kier alpha value is -4.39. The molecule has 0 spiro atoms. The number of nitrogens with zero attached hydrogens (tertiary/aromatic N) is 1. The van der Waals surface area contributed by atoms with E-state index in [0.29, 0.717) is 18.8 Å². The summed E-state index contributed by atoms with van der Waals surface area (Å²) in [6, 6.07) is 24.1. The lowest BCUT2D eigenvalue weighted by molar-refractivity contribution is -0.120. The second kappa shape index (κ2) is 11.2. The Morgan fingerprint density at radius 2 is 1.54 bits per heavy atom. The highest BCUT2D eigenvalue weighted by Crippen LogP contribution is 2.23. The van der Waals surface area contributed by atoms with E-state index in [9.17, 15) is 14.0 Å². The lowest BCUT2D eigenvalue weighted by atomic mass is 10.1. The van der Waals surface area contributed by atoms with Gasteiger partial charge in [-0.25, -0.2) is 4.39 Å². The highest BCUT2D eigenvalue weighted by Gasteiger charge is 2.21. The fourth-order valence-corrected chi connectivity index (χ4v) is 3.57. The molecule has 0 aliphatic heterocycles. The Balaban J connectivity index is 1.44. The number of benzene rings is 3. The smallest absolute Gasteiger partial charge is 0.294 e. The van der Waals surface area contributed by atoms with Crippen LogP contribution in [0.25, 0.3) is 0 Å². The second-order valence-corrected chi connectivity index (χ2v) is 7.96. The van der Waals surface area contributed by atoms with Gasteiger partial charge in [0.1, 0.15) is 11.6 Å². The van der Waals surface area contributed by atoms with E-state index in [1.807, 2.05) is 48.5 Å². The summed E-state index contributed by atoms with van der Waals surface area (Å²) < 4.78 is 23.6. The molecule has 0 fully saturated rings. The van der Waals surface area contributed by atoms with Gasteiger partial charge >= 0.3 is 0 Å². The molecular formula is C28H25FN2O4. The molecule has 2 amide bonds. The van der Waals surface area contributed by atoms with Gasteiger partial charge in [0.25, 0.3) is 5.91 Å². The quantitative estimate of drug-likeness (QED) is 0.367. The van der Waals surface area contributed by atoms with Gasteiger partial charge in [0.15, 0.2) is 5.76 Å². The van der Waals surface area contributed by atoms with Gasteiger partial charge in [-0.3, -0.25) is 9.59 Å². The third-order valence-corrected chi connectivity index (χ3v) is 5.49. The number of nitrogens with one attached hydrogen (secondary N) is 1. The molecule has 0 unspecified atom stereocenters. The number of hydrogen-bond acceptors (Lipinski definition) is 4. The highest BCUT2D eigenvalue weighted by atomic mass is 19.1. The van der Waals surface area contributed by atoms with Crippen molar-refractivity contribution in [2.24, 2.45) is 0 Å². The van der Waals surface area contributed by atoms with Crippen LogP contribution < -0.4 is 15.0 Å². The van der Waals surface area contributed by atoms with Crippen LogP contribution in [0.5, 0.6) is 5.75 Å². The van der Waals surface area contributed by atoms with Crippen molar-refractivity contribution < 1.29 is 23.1 Å². The summed E-state index contributed by atoms with van der Waals surface area (Å²) in [6.07, 6.45) is 1.65. The average Bonchev–Trinajstić information content (AvgIpc) is 3.43. The summed E-state index contributed by atoms with van der Waals surface area (Å²) in [5, 5.41) is 2.83. The summed E-state index contributed by atoms with van der Waals surface area (Å²) >= 11 is 0. The van der Waals surface area contributed by atoms with Crippen molar-refractivity contribution >= 4 is 17.5 Å². The number of methoxy groups -OCH3 is 1. The molecule has 1 heterocycles. The highest BCUT2D eigenvalue weighted by molar-refractivity contribution is 6.04. The maximum Gasteiger partial charge on any atom is 0.294 e. The minimum absolute atomic E-state index is 0.149. The Labute approximate surface area is 202 Å². The molecule has 0 saturated heterocycles. The molecular weight excluding hydrogens is 447 g/mol. The molecule has 0 atom stereocenters. The fourth-order valence-electron chi connectivity index (χ4n) is 3.57. The first-order valence-corrected chi connectivity index (χ1v) is 11.1. The van der Waals surface area contributed by atoms with E-state index in [1.165, 1.54) is 18.4 Å². The average molecular weight is 473 g/mol. The number of hydrogen-bond donors (Lipinski definition) is 1. The lowest BCUT2D eigenvalue weighted by Crippen LogP contribution is -2.30. The monoisotopic (exact) mass is 472 g/mol. The van der Waals surface area contributed by atoms with Crippen LogP contribution in [0, 0.1) is 5.82 Å². The molecule has 3 aromatic carbocycles. The van der Waals surface area contributed by atoms with Gasteiger partial charge in [0.05, 0.1) is 26.3 Å². The summed E-state index contributed by atoms with van der Waals surface area (Å²) in [6.45, 7) is 0.658. The van der Waals surface area contributed by atoms with Gasteiger partial charge in [0.2, 0.25) is 5.91 Å². The third kappa shape index (κ3) is 6.35. The number of carbonyl (C=O) groups excluding carboxylic acids is 2. The van der Waals surface area contributed by atoms with Crippen molar-refractivity contribution in [2.75, 3.05) is 12.0 Å². The third-order valence-electron chi connectivity index (χ3n) is 5.49. The summed E-state index contributed by atoms with van der Waals surface area (Å²) in [5.41, 5.74) is 3.23. The fraction of sp³-hybridized carbons (Fsp3) is 0.143. The van der Waals surface area contributed by atoms with Crippen molar-refractivity contribution in [2.45, 2.75) is 19.5 Å². The summed E-state index contributed by atoms with van der Waals surface area (Å²) in [7, 11) is 1.60. The maximum absolute atomic E-state index is 13.2. The van der Waals surface area contributed by atoms with Gasteiger partial charge in [0, 0.05) is 12.2 Å². The summed E-state index contributed by atoms with van der Waals surface area (Å²) in [4.78, 5) is 27.1. The van der Waals surface area contributed by atoms with E-state index in [1.54, 1.807) is 36.3 Å². The normalized spacial score (nSPS) is 10.6. The van der Waals surface area contributed by atoms with Crippen molar-refractivity contribution in [3.05, 3.63) is 119 Å². The predicted molar refractivity (Wildman–Crippen MR) is 131 cm³/mol. The van der Waals surface area contributed by atoms with Crippen molar-refractivity contribution in [3.8, 4) is 5.75 Å². The zero-order valence-electron chi connectivity index (χ0n) is 19.2. The van der Waals surface area contributed by atoms with E-state index in [4.69, 9.17) is 9.15 Å². The SMILES string of the molecule is COc1ccc(CN(C(=O)c2ccco2)c2ccc(CC(=O)NCc3ccc(F)cc3)cc2)cc1. The number of rotatable bonds is 9. The van der Waals surface area contributed by atoms with Crippen LogP contribution in [0.2, 0.25) is 0 Å². The zero-order valence-corrected chi connectivity index (χ0v) is 19.2. The number of anilines is 1. The molecule has 0 aliphatic carbocycles. The number of carbonyl (C=O) groups is 2. The van der Waals surface area contributed by atoms with E-state index >= 15 is 0 Å². The molecule has 7 heteroatoms. The van der Waals surface area contributed by atoms with Crippen LogP contribution in [0.4, 0.5) is 10.1 Å². The van der Waals surface area contributed by atoms with Crippen LogP contribution in [0.3, 0.4) is 0 Å². The van der Waals surface area contributed by atoms with Crippen LogP contribution in [0.15, 0.2) is 95.6 Å². The van der Waals surface area contributed by atoms with E-state index in [0.717, 1.165) is 22.4 Å². The molecule has 1 N–H and O–H groups in total. The van der Waals surface area contributed by atoms with Gasteiger partial charge in [-0.05, 0) is 65.2 Å². The van der Waals surface area contributed by atoms with Gasteiger partial charge < -0.3 is 19.4 Å². The first-order chi connectivity index (χ1) is 17.0. The maximum atomic E-state index is 13.2. The molecule has 0 radical (unpaired) electrons. The molecule has 0 bridgehead atoms. The van der Waals surface area contributed by atoms with E-state index < -0.39 is 0 Å². The van der Waals surface area contributed by atoms with Crippen LogP contribution in [0.1, 0.15) is 27.2 Å². The molecule has 4 rings (SSSR count). The van der Waals surface area contributed by atoms with Gasteiger partial charge in [-0.1, -0.05) is 36.4 Å². The molecule has 6 nitrogen and oxygen atoms in total. The topological polar surface area (TPSA) is 71.8 Å². The van der Waals surface area contributed by atoms with Crippen molar-refractivity contribution in [1.82, 2.24) is 5.32 Å². The number of halogens is 1. The molecule has 4 aromatic rings. The molecule has 0 saturated carbocycles. The number of amides is 2. The van der Waals surface area contributed by atoms with Crippen LogP contribution in [-0.4, -0.2) is 18.9 Å². The molecule has 1 aromatic heterocycles. The van der Waals surface area contributed by atoms with E-state index in [-0.39, 0.29) is 29.8 Å². The zero-order chi connectivity index (χ0) is 24.6. The minimum atomic E-state index is -0.313. The number of furan rings is 1. The number of ether oxygens (including phenoxy) is 1. The standard InChI is InChI=1S/C28H25FN2O4/c1-34-25-14-8-22(9-15-25)19-31(28(33)26-3-2-16-35-26)24-12-6-20(7-13-24)17-27(32)30-18-21-4-10-23(29)11-5-21/h2-16H,17-19H2,1H3,(H,30,32). The Kier molecular flexibility index (Phi) is 7.57. The van der Waals surface area contributed by atoms with E-state index in [2.05, 4.69) is 5.32 Å². The Morgan fingerprint density at radius 1 is 0.886 bits per heavy atom. The first kappa shape index (κ1) is 23.8. The van der Waals surface area contributed by atoms with Crippen molar-refractivity contribution in [1.29, 1.82) is 0 Å². The molecule has 35 heavy (non-hydrogen) atoms. The Bertz CT molecular complexity index is 1250. The summed E-state index contributed by atoms with van der Waals surface area (Å²) in [5.74, 6) is 0.244. The van der Waals surface area contributed by atoms with Gasteiger partial charge in [-0.2, -0.15) is 0 Å². The van der Waals surface area contributed by atoms with Crippen LogP contribution in [-0.2, 0) is 24.3 Å². The Morgan fingerprint density at radius 3 is 2.17 bits per heavy atom. The predicted octanol–water partition coefficient (Wildman–Crippen LogP) is 5.13. The van der Waals surface area contributed by atoms with Gasteiger partial charge in [-0.15, -0.1) is 0 Å². The second-order valence-electron chi connectivity index (χ2n) is 7.96. The molecule has 0 aliphatic rings. The molecule has 178 valence electrons. The first-order valence-electron chi connectivity index (χ1n) is 11.1. The minimum Gasteiger partial charge on any atom is -0.497 e.